The van der Waals surface area contributed by atoms with Gasteiger partial charge in [-0.25, -0.2) is 4.68 Å². The number of benzene rings is 1. The monoisotopic (exact) mass is 525 g/mol. The Morgan fingerprint density at radius 3 is 2.64 bits per heavy atom. The molecular formula is C27H35N5O2S2. The molecule has 36 heavy (non-hydrogen) atoms. The summed E-state index contributed by atoms with van der Waals surface area (Å²) in [5.74, 6) is 0.726. The number of rotatable bonds is 7. The van der Waals surface area contributed by atoms with E-state index in [9.17, 15) is 9.59 Å². The molecule has 9 heteroatoms. The topological polar surface area (TPSA) is 70.5 Å². The van der Waals surface area contributed by atoms with Crippen LogP contribution in [-0.4, -0.2) is 66.0 Å². The number of carbonyl (C=O) groups is 2. The Hall–Kier alpha value is -2.62. The van der Waals surface area contributed by atoms with Crippen LogP contribution < -0.4 is 10.2 Å². The molecule has 0 aliphatic carbocycles. The van der Waals surface area contributed by atoms with E-state index in [-0.39, 0.29) is 29.0 Å². The molecule has 3 heterocycles. The molecule has 0 spiro atoms. The van der Waals surface area contributed by atoms with Crippen molar-refractivity contribution in [2.24, 2.45) is 0 Å². The van der Waals surface area contributed by atoms with Crippen molar-refractivity contribution in [2.75, 3.05) is 44.4 Å². The Labute approximate surface area is 221 Å². The molecule has 1 aliphatic rings. The number of amides is 2. The molecule has 7 nitrogen and oxygen atoms in total. The molecule has 0 unspecified atom stereocenters. The Bertz CT molecular complexity index is 1230. The molecule has 1 N–H and O–H groups in total. The van der Waals surface area contributed by atoms with E-state index in [1.807, 2.05) is 54.9 Å². The van der Waals surface area contributed by atoms with Crippen LogP contribution >= 0.6 is 23.1 Å². The molecule has 4 rings (SSSR count). The maximum atomic E-state index is 13.6. The predicted octanol–water partition coefficient (Wildman–Crippen LogP) is 4.39. The van der Waals surface area contributed by atoms with E-state index in [1.165, 1.54) is 4.88 Å². The van der Waals surface area contributed by atoms with Gasteiger partial charge in [-0.3, -0.25) is 14.5 Å². The fourth-order valence-corrected chi connectivity index (χ4v) is 6.47. The zero-order valence-electron chi connectivity index (χ0n) is 21.9. The summed E-state index contributed by atoms with van der Waals surface area (Å²) in [7, 11) is 3.93. The standard InChI is InChI=1S/C27H35N5O2S2/c1-18-9-7-10-19(15-18)32-26-23(25(29-32)27(2,3)4)24(20-11-8-14-35-20)36-17-22(34)31(26)16-21(33)28-12-13-30(5)6/h7-11,14-15,24H,12-13,16-17H2,1-6H3,(H,28,33)/t24-/m0/s1. The second-order valence-electron chi connectivity index (χ2n) is 10.4. The van der Waals surface area contributed by atoms with E-state index in [1.54, 1.807) is 28.0 Å². The lowest BCUT2D eigenvalue weighted by Crippen LogP contribution is -2.43. The van der Waals surface area contributed by atoms with Gasteiger partial charge in [-0.2, -0.15) is 5.10 Å². The lowest BCUT2D eigenvalue weighted by Gasteiger charge is -2.24. The van der Waals surface area contributed by atoms with Gasteiger partial charge in [0.1, 0.15) is 12.4 Å². The van der Waals surface area contributed by atoms with E-state index in [2.05, 4.69) is 43.6 Å². The molecule has 192 valence electrons. The highest BCUT2D eigenvalue weighted by atomic mass is 32.2. The molecule has 1 aromatic carbocycles. The number of likely N-dealkylation sites (N-methyl/N-ethyl adjacent to an activating group) is 1. The van der Waals surface area contributed by atoms with Crippen LogP contribution in [0.3, 0.4) is 0 Å². The first-order chi connectivity index (χ1) is 17.1. The fraction of sp³-hybridized carbons (Fsp3) is 0.444. The lowest BCUT2D eigenvalue weighted by atomic mass is 9.88. The van der Waals surface area contributed by atoms with Crippen molar-refractivity contribution in [1.82, 2.24) is 20.0 Å². The lowest BCUT2D eigenvalue weighted by molar-refractivity contribution is -0.122. The SMILES string of the molecule is Cc1cccc(-n2nc(C(C)(C)C)c3c2N(CC(=O)NCCN(C)C)C(=O)CS[C@H]3c2cccs2)c1. The molecule has 1 atom stereocenters. The normalized spacial score (nSPS) is 16.2. The predicted molar refractivity (Wildman–Crippen MR) is 150 cm³/mol. The number of thioether (sulfide) groups is 1. The number of hydrogen-bond acceptors (Lipinski definition) is 6. The second kappa shape index (κ2) is 10.8. The van der Waals surface area contributed by atoms with Gasteiger partial charge in [0.05, 0.1) is 22.4 Å². The summed E-state index contributed by atoms with van der Waals surface area (Å²) in [6.45, 7) is 9.71. The number of fused-ring (bicyclic) bond motifs is 1. The van der Waals surface area contributed by atoms with Gasteiger partial charge in [0, 0.05) is 28.9 Å². The summed E-state index contributed by atoms with van der Waals surface area (Å²) in [5.41, 5.74) is 3.68. The molecule has 2 aromatic heterocycles. The smallest absolute Gasteiger partial charge is 0.240 e. The molecule has 0 radical (unpaired) electrons. The Morgan fingerprint density at radius 1 is 1.22 bits per heavy atom. The van der Waals surface area contributed by atoms with Crippen molar-refractivity contribution in [1.29, 1.82) is 0 Å². The van der Waals surface area contributed by atoms with Crippen LogP contribution in [0.5, 0.6) is 0 Å². The number of carbonyl (C=O) groups excluding carboxylic acids is 2. The van der Waals surface area contributed by atoms with E-state index in [4.69, 9.17) is 5.10 Å². The summed E-state index contributed by atoms with van der Waals surface area (Å²) in [6, 6.07) is 12.3. The minimum absolute atomic E-state index is 0.0430. The maximum Gasteiger partial charge on any atom is 0.240 e. The molecule has 1 aliphatic heterocycles. The number of aromatic nitrogens is 2. The summed E-state index contributed by atoms with van der Waals surface area (Å²) in [6.07, 6.45) is 0. The molecular weight excluding hydrogens is 490 g/mol. The van der Waals surface area contributed by atoms with E-state index < -0.39 is 0 Å². The van der Waals surface area contributed by atoms with Gasteiger partial charge >= 0.3 is 0 Å². The number of hydrogen-bond donors (Lipinski definition) is 1. The van der Waals surface area contributed by atoms with Gasteiger partial charge in [-0.1, -0.05) is 39.0 Å². The molecule has 0 saturated heterocycles. The average Bonchev–Trinajstić information content (AvgIpc) is 3.43. The minimum Gasteiger partial charge on any atom is -0.353 e. The highest BCUT2D eigenvalue weighted by Gasteiger charge is 2.40. The van der Waals surface area contributed by atoms with Crippen LogP contribution in [-0.2, 0) is 15.0 Å². The zero-order chi connectivity index (χ0) is 26.0. The van der Waals surface area contributed by atoms with Gasteiger partial charge < -0.3 is 10.2 Å². The van der Waals surface area contributed by atoms with E-state index in [0.717, 1.165) is 29.1 Å². The number of aryl methyl sites for hydroxylation is 1. The van der Waals surface area contributed by atoms with Crippen molar-refractivity contribution in [3.8, 4) is 5.69 Å². The number of nitrogens with one attached hydrogen (secondary N) is 1. The van der Waals surface area contributed by atoms with Crippen molar-refractivity contribution >= 4 is 40.7 Å². The number of thiophene rings is 1. The third-order valence-electron chi connectivity index (χ3n) is 6.03. The summed E-state index contributed by atoms with van der Waals surface area (Å²) < 4.78 is 1.88. The average molecular weight is 526 g/mol. The minimum atomic E-state index is -0.262. The quantitative estimate of drug-likeness (QED) is 0.496. The van der Waals surface area contributed by atoms with Crippen molar-refractivity contribution in [3.63, 3.8) is 0 Å². The Kier molecular flexibility index (Phi) is 7.92. The first-order valence-electron chi connectivity index (χ1n) is 12.1. The summed E-state index contributed by atoms with van der Waals surface area (Å²) >= 11 is 3.30. The second-order valence-corrected chi connectivity index (χ2v) is 12.5. The Balaban J connectivity index is 1.89. The van der Waals surface area contributed by atoms with E-state index >= 15 is 0 Å². The van der Waals surface area contributed by atoms with Gasteiger partial charge in [-0.05, 0) is 50.2 Å². The fourth-order valence-electron chi connectivity index (χ4n) is 4.30. The summed E-state index contributed by atoms with van der Waals surface area (Å²) in [5, 5.41) is 10.1. The van der Waals surface area contributed by atoms with Crippen LogP contribution in [0, 0.1) is 6.92 Å². The van der Waals surface area contributed by atoms with Crippen LogP contribution in [0.1, 0.15) is 47.7 Å². The van der Waals surface area contributed by atoms with Crippen molar-refractivity contribution in [3.05, 3.63) is 63.5 Å². The summed E-state index contributed by atoms with van der Waals surface area (Å²) in [4.78, 5) is 31.5. The van der Waals surface area contributed by atoms with E-state index in [0.29, 0.717) is 18.1 Å². The first kappa shape index (κ1) is 26.4. The molecule has 0 saturated carbocycles. The first-order valence-corrected chi connectivity index (χ1v) is 14.1. The van der Waals surface area contributed by atoms with Crippen LogP contribution in [0.25, 0.3) is 5.69 Å². The third kappa shape index (κ3) is 5.68. The molecule has 2 amide bonds. The number of nitrogens with zero attached hydrogens (tertiary/aromatic N) is 4. The molecule has 0 bridgehead atoms. The largest absolute Gasteiger partial charge is 0.353 e. The molecule has 0 fully saturated rings. The molecule has 3 aromatic rings. The number of anilines is 1. The van der Waals surface area contributed by atoms with Gasteiger partial charge in [0.15, 0.2) is 0 Å². The van der Waals surface area contributed by atoms with Crippen LogP contribution in [0.15, 0.2) is 41.8 Å². The van der Waals surface area contributed by atoms with Crippen LogP contribution in [0.2, 0.25) is 0 Å². The van der Waals surface area contributed by atoms with Crippen molar-refractivity contribution in [2.45, 2.75) is 38.4 Å². The Morgan fingerprint density at radius 2 is 2.00 bits per heavy atom. The van der Waals surface area contributed by atoms with Gasteiger partial charge in [-0.15, -0.1) is 23.1 Å². The van der Waals surface area contributed by atoms with Crippen LogP contribution in [0.4, 0.5) is 5.82 Å². The highest BCUT2D eigenvalue weighted by Crippen LogP contribution is 2.49. The maximum absolute atomic E-state index is 13.6. The van der Waals surface area contributed by atoms with Gasteiger partial charge in [0.25, 0.3) is 0 Å². The zero-order valence-corrected chi connectivity index (χ0v) is 23.5. The highest BCUT2D eigenvalue weighted by molar-refractivity contribution is 8.00. The van der Waals surface area contributed by atoms with Gasteiger partial charge in [0.2, 0.25) is 11.8 Å². The third-order valence-corrected chi connectivity index (χ3v) is 8.35. The van der Waals surface area contributed by atoms with Crippen molar-refractivity contribution < 1.29 is 9.59 Å².